The minimum absolute atomic E-state index is 0.00327. The molecule has 1 unspecified atom stereocenters. The third kappa shape index (κ3) is 3.91. The number of aliphatic hydroxyl groups excluding tert-OH is 1. The van der Waals surface area contributed by atoms with Crippen LogP contribution in [0.1, 0.15) is 15.5 Å². The summed E-state index contributed by atoms with van der Waals surface area (Å²) in [6.45, 7) is 0.387. The highest BCUT2D eigenvalue weighted by Gasteiger charge is 2.15. The molecule has 0 radical (unpaired) electrons. The number of carbonyl (C=O) groups is 1. The summed E-state index contributed by atoms with van der Waals surface area (Å²) in [6.07, 6.45) is 2.35. The summed E-state index contributed by atoms with van der Waals surface area (Å²) in [5.41, 5.74) is 1.73. The molecule has 0 spiro atoms. The van der Waals surface area contributed by atoms with E-state index in [-0.39, 0.29) is 18.4 Å². The molecular weight excluding hydrogens is 310 g/mol. The molecule has 0 aliphatic carbocycles. The Kier molecular flexibility index (Phi) is 4.95. The van der Waals surface area contributed by atoms with Crippen LogP contribution in [0.2, 0.25) is 0 Å². The van der Waals surface area contributed by atoms with Crippen LogP contribution in [0.25, 0.3) is 10.2 Å². The molecule has 1 amide bonds. The summed E-state index contributed by atoms with van der Waals surface area (Å²) >= 11 is 1.37. The van der Waals surface area contributed by atoms with Crippen LogP contribution in [0.4, 0.5) is 0 Å². The Bertz CT molecular complexity index is 756. The Labute approximate surface area is 138 Å². The highest BCUT2D eigenvalue weighted by Crippen LogP contribution is 2.21. The van der Waals surface area contributed by atoms with Gasteiger partial charge in [-0.15, -0.1) is 11.3 Å². The first-order valence-electron chi connectivity index (χ1n) is 7.41. The molecule has 0 fully saturated rings. The first-order valence-corrected chi connectivity index (χ1v) is 8.22. The second-order valence-corrected chi connectivity index (χ2v) is 6.30. The molecule has 2 N–H and O–H groups in total. The molecule has 0 saturated heterocycles. The van der Waals surface area contributed by atoms with E-state index in [2.05, 4.69) is 15.3 Å². The van der Waals surface area contributed by atoms with Crippen molar-refractivity contribution in [1.82, 2.24) is 15.3 Å². The Morgan fingerprint density at radius 1 is 1.22 bits per heavy atom. The lowest BCUT2D eigenvalue weighted by Gasteiger charge is -2.14. The monoisotopic (exact) mass is 327 g/mol. The fourth-order valence-corrected chi connectivity index (χ4v) is 3.18. The van der Waals surface area contributed by atoms with Crippen LogP contribution in [0.5, 0.6) is 0 Å². The van der Waals surface area contributed by atoms with E-state index in [9.17, 15) is 9.90 Å². The van der Waals surface area contributed by atoms with E-state index in [4.69, 9.17) is 0 Å². The van der Waals surface area contributed by atoms with Crippen molar-refractivity contribution >= 4 is 27.5 Å². The number of benzene rings is 1. The van der Waals surface area contributed by atoms with Crippen molar-refractivity contribution in [2.24, 2.45) is 5.92 Å². The number of fused-ring (bicyclic) bond motifs is 1. The number of aliphatic hydroxyl groups is 1. The molecule has 118 valence electrons. The van der Waals surface area contributed by atoms with Crippen molar-refractivity contribution in [3.8, 4) is 0 Å². The Balaban J connectivity index is 1.60. The number of carbonyl (C=O) groups excluding carboxylic acids is 1. The molecule has 0 saturated carbocycles. The van der Waals surface area contributed by atoms with E-state index >= 15 is 0 Å². The van der Waals surface area contributed by atoms with Crippen LogP contribution < -0.4 is 5.32 Å². The van der Waals surface area contributed by atoms with E-state index in [0.717, 1.165) is 15.9 Å². The largest absolute Gasteiger partial charge is 0.396 e. The van der Waals surface area contributed by atoms with Gasteiger partial charge < -0.3 is 10.4 Å². The number of nitrogens with one attached hydrogen (secondary N) is 1. The highest BCUT2D eigenvalue weighted by molar-refractivity contribution is 7.20. The first kappa shape index (κ1) is 15.6. The average Bonchev–Trinajstić information content (AvgIpc) is 3.03. The number of nitrogens with zero attached hydrogens (tertiary/aromatic N) is 2. The zero-order chi connectivity index (χ0) is 16.1. The summed E-state index contributed by atoms with van der Waals surface area (Å²) < 4.78 is 0.991. The smallest absolute Gasteiger partial charge is 0.280 e. The van der Waals surface area contributed by atoms with E-state index < -0.39 is 0 Å². The number of hydrogen-bond donors (Lipinski definition) is 2. The Hall–Kier alpha value is -2.31. The number of pyridine rings is 1. The van der Waals surface area contributed by atoms with Crippen molar-refractivity contribution in [2.45, 2.75) is 6.42 Å². The van der Waals surface area contributed by atoms with Crippen LogP contribution >= 0.6 is 11.3 Å². The van der Waals surface area contributed by atoms with Crippen LogP contribution in [0.15, 0.2) is 48.7 Å². The summed E-state index contributed by atoms with van der Waals surface area (Å²) in [4.78, 5) is 20.8. The molecule has 3 aromatic rings. The molecule has 1 atom stereocenters. The van der Waals surface area contributed by atoms with E-state index in [1.54, 1.807) is 6.20 Å². The number of thiazole rings is 1. The van der Waals surface area contributed by atoms with Crippen LogP contribution in [0.3, 0.4) is 0 Å². The molecule has 6 heteroatoms. The van der Waals surface area contributed by atoms with Gasteiger partial charge in [-0.3, -0.25) is 9.78 Å². The molecular formula is C17H17N3O2S. The molecule has 2 aromatic heterocycles. The zero-order valence-corrected chi connectivity index (χ0v) is 13.3. The third-order valence-electron chi connectivity index (χ3n) is 3.52. The fraction of sp³-hybridized carbons (Fsp3) is 0.235. The van der Waals surface area contributed by atoms with Crippen molar-refractivity contribution < 1.29 is 9.90 Å². The maximum atomic E-state index is 12.2. The molecule has 5 nitrogen and oxygen atoms in total. The topological polar surface area (TPSA) is 75.1 Å². The van der Waals surface area contributed by atoms with Crippen LogP contribution in [0, 0.1) is 5.92 Å². The standard InChI is InChI=1S/C17H17N3O2S/c21-11-12(9-13-5-3-4-8-18-13)10-19-16(22)17-20-14-6-1-2-7-15(14)23-17/h1-8,12,21H,9-11H2,(H,19,22). The van der Waals surface area contributed by atoms with Gasteiger partial charge in [0.15, 0.2) is 5.01 Å². The van der Waals surface area contributed by atoms with Crippen molar-refractivity contribution in [2.75, 3.05) is 13.2 Å². The van der Waals surface area contributed by atoms with E-state index in [1.807, 2.05) is 42.5 Å². The van der Waals surface area contributed by atoms with Gasteiger partial charge in [0.1, 0.15) is 0 Å². The van der Waals surface area contributed by atoms with Gasteiger partial charge in [0.25, 0.3) is 5.91 Å². The predicted octanol–water partition coefficient (Wildman–Crippen LogP) is 2.27. The fourth-order valence-electron chi connectivity index (χ4n) is 2.30. The molecule has 0 aliphatic heterocycles. The maximum absolute atomic E-state index is 12.2. The summed E-state index contributed by atoms with van der Waals surface area (Å²) in [7, 11) is 0. The molecule has 23 heavy (non-hydrogen) atoms. The minimum atomic E-state index is -0.203. The van der Waals surface area contributed by atoms with E-state index in [0.29, 0.717) is 18.0 Å². The maximum Gasteiger partial charge on any atom is 0.280 e. The van der Waals surface area contributed by atoms with Crippen molar-refractivity contribution in [1.29, 1.82) is 0 Å². The van der Waals surface area contributed by atoms with Gasteiger partial charge in [0.05, 0.1) is 10.2 Å². The average molecular weight is 327 g/mol. The second-order valence-electron chi connectivity index (χ2n) is 5.27. The third-order valence-corrected chi connectivity index (χ3v) is 4.56. The molecule has 1 aromatic carbocycles. The highest BCUT2D eigenvalue weighted by atomic mass is 32.1. The van der Waals surface area contributed by atoms with E-state index in [1.165, 1.54) is 11.3 Å². The van der Waals surface area contributed by atoms with Crippen molar-refractivity contribution in [3.05, 3.63) is 59.4 Å². The lowest BCUT2D eigenvalue weighted by Crippen LogP contribution is -2.31. The van der Waals surface area contributed by atoms with Crippen molar-refractivity contribution in [3.63, 3.8) is 0 Å². The Morgan fingerprint density at radius 3 is 2.78 bits per heavy atom. The van der Waals surface area contributed by atoms with Gasteiger partial charge in [-0.25, -0.2) is 4.98 Å². The lowest BCUT2D eigenvalue weighted by atomic mass is 10.0. The summed E-state index contributed by atoms with van der Waals surface area (Å²) in [5.74, 6) is -0.270. The molecule has 0 bridgehead atoms. The van der Waals surface area contributed by atoms with Gasteiger partial charge in [-0.1, -0.05) is 18.2 Å². The lowest BCUT2D eigenvalue weighted by molar-refractivity contribution is 0.0939. The molecule has 0 aliphatic rings. The van der Waals surface area contributed by atoms with Crippen LogP contribution in [-0.4, -0.2) is 34.1 Å². The minimum Gasteiger partial charge on any atom is -0.396 e. The number of aromatic nitrogens is 2. The second kappa shape index (κ2) is 7.30. The van der Waals surface area contributed by atoms with Gasteiger partial charge in [-0.2, -0.15) is 0 Å². The molecule has 2 heterocycles. The number of amides is 1. The van der Waals surface area contributed by atoms with Gasteiger partial charge in [0, 0.05) is 31.0 Å². The van der Waals surface area contributed by atoms with Gasteiger partial charge >= 0.3 is 0 Å². The Morgan fingerprint density at radius 2 is 2.04 bits per heavy atom. The summed E-state index contributed by atoms with van der Waals surface area (Å²) in [6, 6.07) is 13.3. The SMILES string of the molecule is O=C(NCC(CO)Cc1ccccn1)c1nc2ccccc2s1. The molecule has 3 rings (SSSR count). The normalized spacial score (nSPS) is 12.2. The summed E-state index contributed by atoms with van der Waals surface area (Å²) in [5, 5.41) is 12.8. The quantitative estimate of drug-likeness (QED) is 0.728. The number of para-hydroxylation sites is 1. The zero-order valence-electron chi connectivity index (χ0n) is 12.5. The van der Waals surface area contributed by atoms with Gasteiger partial charge in [0.2, 0.25) is 0 Å². The number of hydrogen-bond acceptors (Lipinski definition) is 5. The first-order chi connectivity index (χ1) is 11.3. The van der Waals surface area contributed by atoms with Gasteiger partial charge in [-0.05, 0) is 30.7 Å². The predicted molar refractivity (Wildman–Crippen MR) is 90.5 cm³/mol. The van der Waals surface area contributed by atoms with Crippen LogP contribution in [-0.2, 0) is 6.42 Å². The number of rotatable bonds is 6.